The quantitative estimate of drug-likeness (QED) is 0.470. The van der Waals surface area contributed by atoms with Crippen LogP contribution in [0.25, 0.3) is 0 Å². The van der Waals surface area contributed by atoms with Crippen molar-refractivity contribution in [2.45, 2.75) is 86.0 Å². The number of thiazole rings is 1. The molecule has 0 spiro atoms. The fourth-order valence-electron chi connectivity index (χ4n) is 3.23. The summed E-state index contributed by atoms with van der Waals surface area (Å²) in [5, 5.41) is 9.28. The van der Waals surface area contributed by atoms with E-state index in [0.717, 1.165) is 6.42 Å². The molecule has 0 radical (unpaired) electrons. The molecule has 1 heterocycles. The van der Waals surface area contributed by atoms with E-state index in [9.17, 15) is 5.11 Å². The molecule has 22 heavy (non-hydrogen) atoms. The topological polar surface area (TPSA) is 33.1 Å². The van der Waals surface area contributed by atoms with Gasteiger partial charge in [-0.2, -0.15) is 0 Å². The summed E-state index contributed by atoms with van der Waals surface area (Å²) in [6.07, 6.45) is 8.88. The van der Waals surface area contributed by atoms with Crippen LogP contribution in [0.2, 0.25) is 13.3 Å². The predicted octanol–water partition coefficient (Wildman–Crippen LogP) is 5.04. The molecule has 1 aromatic heterocycles. The van der Waals surface area contributed by atoms with E-state index >= 15 is 0 Å². The van der Waals surface area contributed by atoms with Gasteiger partial charge in [0, 0.05) is 0 Å². The van der Waals surface area contributed by atoms with Crippen molar-refractivity contribution in [3.8, 4) is 0 Å². The van der Waals surface area contributed by atoms with Crippen molar-refractivity contribution in [1.29, 1.82) is 0 Å². The Balaban J connectivity index is 3.10. The first-order valence-corrected chi connectivity index (χ1v) is 17.5. The minimum absolute atomic E-state index is 0.254. The van der Waals surface area contributed by atoms with Crippen molar-refractivity contribution in [1.82, 2.24) is 4.98 Å². The van der Waals surface area contributed by atoms with Crippen molar-refractivity contribution >= 4 is 32.7 Å². The summed E-state index contributed by atoms with van der Waals surface area (Å²) in [6, 6.07) is 0. The Morgan fingerprint density at radius 1 is 0.955 bits per heavy atom. The van der Waals surface area contributed by atoms with Crippen LogP contribution in [0.15, 0.2) is 0 Å². The average molecular weight is 432 g/mol. The van der Waals surface area contributed by atoms with Crippen molar-refractivity contribution in [2.75, 3.05) is 6.61 Å². The van der Waals surface area contributed by atoms with Crippen LogP contribution in [0.1, 0.15) is 69.9 Å². The molecule has 0 aliphatic heterocycles. The Hall–Kier alpha value is 0.389. The van der Waals surface area contributed by atoms with E-state index < -0.39 is 18.4 Å². The molecule has 1 N–H and O–H groups in total. The van der Waals surface area contributed by atoms with Gasteiger partial charge < -0.3 is 0 Å². The molecule has 0 aromatic carbocycles. The summed E-state index contributed by atoms with van der Waals surface area (Å²) in [4.78, 5) is 6.40. The van der Waals surface area contributed by atoms with Crippen LogP contribution in [-0.2, 0) is 6.42 Å². The summed E-state index contributed by atoms with van der Waals surface area (Å²) in [5.41, 5.74) is 1.19. The molecule has 1 aromatic rings. The molecular formula is C18H35NOSSn. The molecule has 0 bridgehead atoms. The van der Waals surface area contributed by atoms with Crippen LogP contribution >= 0.6 is 11.3 Å². The van der Waals surface area contributed by atoms with E-state index in [2.05, 4.69) is 27.7 Å². The zero-order valence-corrected chi connectivity index (χ0v) is 18.8. The van der Waals surface area contributed by atoms with Crippen LogP contribution in [0, 0.1) is 6.92 Å². The molecule has 1 rings (SSSR count). The molecule has 0 amide bonds. The fourth-order valence-corrected chi connectivity index (χ4v) is 23.2. The molecule has 0 atom stereocenters. The molecule has 128 valence electrons. The number of aromatic nitrogens is 1. The number of nitrogens with zero attached hydrogens (tertiary/aromatic N) is 1. The molecule has 0 aliphatic rings. The van der Waals surface area contributed by atoms with E-state index in [-0.39, 0.29) is 6.61 Å². The zero-order chi connectivity index (χ0) is 16.4. The predicted molar refractivity (Wildman–Crippen MR) is 102 cm³/mol. The van der Waals surface area contributed by atoms with Gasteiger partial charge in [0.2, 0.25) is 0 Å². The molecule has 0 fully saturated rings. The SMILES string of the molecule is CCC[CH2][Sn]([CH2]CCC)([CH2]CCC)[c]1nc(C)c(CCO)s1. The number of aryl methyl sites for hydroxylation is 1. The van der Waals surface area contributed by atoms with Gasteiger partial charge in [0.05, 0.1) is 0 Å². The van der Waals surface area contributed by atoms with Crippen molar-refractivity contribution in [2.24, 2.45) is 0 Å². The second kappa shape index (κ2) is 11.0. The number of aliphatic hydroxyl groups is 1. The summed E-state index contributed by atoms with van der Waals surface area (Å²) >= 11 is -0.370. The number of rotatable bonds is 12. The van der Waals surface area contributed by atoms with Gasteiger partial charge in [-0.15, -0.1) is 0 Å². The summed E-state index contributed by atoms with van der Waals surface area (Å²) in [7, 11) is 0. The number of unbranched alkanes of at least 4 members (excludes halogenated alkanes) is 3. The molecule has 0 unspecified atom stereocenters. The third-order valence-electron chi connectivity index (χ3n) is 4.71. The molecular weight excluding hydrogens is 397 g/mol. The fraction of sp³-hybridized carbons (Fsp3) is 0.833. The van der Waals surface area contributed by atoms with Gasteiger partial charge in [-0.05, 0) is 0 Å². The summed E-state index contributed by atoms with van der Waals surface area (Å²) < 4.78 is 6.01. The second-order valence-electron chi connectivity index (χ2n) is 6.59. The average Bonchev–Trinajstić information content (AvgIpc) is 2.89. The normalized spacial score (nSPS) is 12.0. The monoisotopic (exact) mass is 433 g/mol. The van der Waals surface area contributed by atoms with Crippen molar-refractivity contribution in [3.63, 3.8) is 0 Å². The van der Waals surface area contributed by atoms with Crippen LogP contribution in [0.5, 0.6) is 0 Å². The van der Waals surface area contributed by atoms with Gasteiger partial charge in [0.1, 0.15) is 0 Å². The first-order chi connectivity index (χ1) is 10.6. The molecule has 2 nitrogen and oxygen atoms in total. The van der Waals surface area contributed by atoms with E-state index in [4.69, 9.17) is 4.98 Å². The van der Waals surface area contributed by atoms with Crippen molar-refractivity contribution < 1.29 is 5.11 Å². The van der Waals surface area contributed by atoms with Gasteiger partial charge in [-0.3, -0.25) is 0 Å². The first-order valence-electron chi connectivity index (χ1n) is 9.21. The molecule has 0 saturated carbocycles. The van der Waals surface area contributed by atoms with Crippen LogP contribution in [-0.4, -0.2) is 35.1 Å². The maximum atomic E-state index is 9.28. The van der Waals surface area contributed by atoms with E-state index in [0.29, 0.717) is 0 Å². The van der Waals surface area contributed by atoms with Gasteiger partial charge in [-0.1, -0.05) is 0 Å². The Bertz CT molecular complexity index is 397. The summed E-state index contributed by atoms with van der Waals surface area (Å²) in [5.74, 6) is 0. The zero-order valence-electron chi connectivity index (χ0n) is 15.1. The van der Waals surface area contributed by atoms with Crippen LogP contribution in [0.4, 0.5) is 0 Å². The van der Waals surface area contributed by atoms with Gasteiger partial charge in [0.15, 0.2) is 0 Å². The van der Waals surface area contributed by atoms with Gasteiger partial charge >= 0.3 is 146 Å². The Kier molecular flexibility index (Phi) is 10.2. The standard InChI is InChI=1S/C6H8NOS.3C4H9.Sn/c1-5-6(2-3-8)9-4-7-5;3*1-3-4-2;/h8H,2-3H2,1H3;3*1,3-4H2,2H3;. The van der Waals surface area contributed by atoms with E-state index in [1.807, 2.05) is 11.3 Å². The van der Waals surface area contributed by atoms with Crippen LogP contribution < -0.4 is 3.02 Å². The number of hydrogen-bond donors (Lipinski definition) is 1. The molecule has 4 heteroatoms. The van der Waals surface area contributed by atoms with E-state index in [1.54, 1.807) is 3.02 Å². The van der Waals surface area contributed by atoms with E-state index in [1.165, 1.54) is 62.4 Å². The van der Waals surface area contributed by atoms with Crippen molar-refractivity contribution in [3.05, 3.63) is 10.6 Å². The summed E-state index contributed by atoms with van der Waals surface area (Å²) in [6.45, 7) is 9.35. The maximum absolute atomic E-state index is 9.28. The Labute approximate surface area is 145 Å². The molecule has 0 aliphatic carbocycles. The van der Waals surface area contributed by atoms with Crippen LogP contribution in [0.3, 0.4) is 0 Å². The minimum atomic E-state index is -2.33. The second-order valence-corrected chi connectivity index (χ2v) is 21.7. The van der Waals surface area contributed by atoms with Gasteiger partial charge in [0.25, 0.3) is 0 Å². The third kappa shape index (κ3) is 5.79. The third-order valence-corrected chi connectivity index (χ3v) is 23.7. The Morgan fingerprint density at radius 3 is 1.86 bits per heavy atom. The number of hydrogen-bond acceptors (Lipinski definition) is 3. The van der Waals surface area contributed by atoms with Gasteiger partial charge in [-0.25, -0.2) is 0 Å². The Morgan fingerprint density at radius 2 is 1.45 bits per heavy atom. The number of aliphatic hydroxyl groups excluding tert-OH is 1. The molecule has 0 saturated heterocycles. The first kappa shape index (κ1) is 20.4.